The first kappa shape index (κ1) is 19.1. The van der Waals surface area contributed by atoms with Gasteiger partial charge in [-0.2, -0.15) is 0 Å². The lowest BCUT2D eigenvalue weighted by molar-refractivity contribution is 0.417. The summed E-state index contributed by atoms with van der Waals surface area (Å²) in [4.78, 5) is 3.55. The van der Waals surface area contributed by atoms with Crippen LogP contribution < -0.4 is 10.5 Å². The van der Waals surface area contributed by atoms with Gasteiger partial charge in [0.1, 0.15) is 5.75 Å². The number of nitrogens with two attached hydrogens (primary N) is 1. The van der Waals surface area contributed by atoms with Gasteiger partial charge in [0.2, 0.25) is 0 Å². The molecular weight excluding hydrogens is 391 g/mol. The molecule has 0 spiro atoms. The topological polar surface area (TPSA) is 51.0 Å². The van der Waals surface area contributed by atoms with E-state index in [4.69, 9.17) is 33.7 Å². The Morgan fingerprint density at radius 2 is 1.75 bits per heavy atom. The first-order valence-corrected chi connectivity index (χ1v) is 10.1. The van der Waals surface area contributed by atoms with Crippen LogP contribution in [0.2, 0.25) is 10.0 Å². The van der Waals surface area contributed by atoms with Crippen molar-refractivity contribution in [1.29, 1.82) is 0 Å². The second kappa shape index (κ2) is 8.04. The zero-order chi connectivity index (χ0) is 19.7. The number of aromatic amines is 1. The molecule has 0 fully saturated rings. The summed E-state index contributed by atoms with van der Waals surface area (Å²) < 4.78 is 5.74. The number of H-pyrrole nitrogens is 1. The third-order valence-corrected chi connectivity index (χ3v) is 5.65. The van der Waals surface area contributed by atoms with E-state index >= 15 is 0 Å². The zero-order valence-corrected chi connectivity index (χ0v) is 17.2. The highest BCUT2D eigenvalue weighted by Gasteiger charge is 2.19. The van der Waals surface area contributed by atoms with Crippen molar-refractivity contribution in [3.63, 3.8) is 0 Å². The smallest absolute Gasteiger partial charge is 0.128 e. The molecule has 4 rings (SSSR count). The van der Waals surface area contributed by atoms with E-state index in [0.717, 1.165) is 57.9 Å². The maximum absolute atomic E-state index is 6.59. The number of nitrogens with one attached hydrogen (secondary N) is 1. The predicted molar refractivity (Wildman–Crippen MR) is 120 cm³/mol. The van der Waals surface area contributed by atoms with Crippen LogP contribution in [-0.4, -0.2) is 18.6 Å². The van der Waals surface area contributed by atoms with Gasteiger partial charge in [0, 0.05) is 21.5 Å². The first-order chi connectivity index (χ1) is 13.6. The van der Waals surface area contributed by atoms with Crippen molar-refractivity contribution in [2.24, 2.45) is 5.73 Å². The van der Waals surface area contributed by atoms with Crippen molar-refractivity contribution in [2.75, 3.05) is 13.7 Å². The average molecular weight is 413 g/mol. The molecule has 0 unspecified atom stereocenters. The van der Waals surface area contributed by atoms with Gasteiger partial charge < -0.3 is 15.5 Å². The molecule has 0 saturated carbocycles. The summed E-state index contributed by atoms with van der Waals surface area (Å²) in [7, 11) is 1.70. The van der Waals surface area contributed by atoms with Gasteiger partial charge in [0.15, 0.2) is 0 Å². The van der Waals surface area contributed by atoms with Crippen molar-refractivity contribution in [2.45, 2.75) is 19.3 Å². The molecule has 1 aromatic heterocycles. The minimum Gasteiger partial charge on any atom is -0.496 e. The molecule has 4 aromatic rings. The highest BCUT2D eigenvalue weighted by Crippen LogP contribution is 2.41. The van der Waals surface area contributed by atoms with Crippen LogP contribution in [-0.2, 0) is 6.42 Å². The van der Waals surface area contributed by atoms with Gasteiger partial charge in [0.05, 0.1) is 17.8 Å². The Hall–Kier alpha value is -2.20. The Kier molecular flexibility index (Phi) is 5.49. The molecule has 3 aromatic carbocycles. The number of ether oxygens (including phenoxy) is 1. The van der Waals surface area contributed by atoms with Gasteiger partial charge in [-0.05, 0) is 66.4 Å². The average Bonchev–Trinajstić information content (AvgIpc) is 3.05. The fourth-order valence-corrected chi connectivity index (χ4v) is 4.43. The van der Waals surface area contributed by atoms with Crippen LogP contribution in [0.4, 0.5) is 0 Å². The number of hydrogen-bond donors (Lipinski definition) is 2. The number of aromatic nitrogens is 1. The minimum absolute atomic E-state index is 0.615. The van der Waals surface area contributed by atoms with E-state index in [1.165, 1.54) is 5.56 Å². The number of aryl methyl sites for hydroxylation is 1. The Bertz CT molecular complexity index is 1150. The maximum atomic E-state index is 6.59. The van der Waals surface area contributed by atoms with Crippen molar-refractivity contribution >= 4 is 44.9 Å². The number of hydrogen-bond acceptors (Lipinski definition) is 2. The van der Waals surface area contributed by atoms with Crippen molar-refractivity contribution in [3.8, 4) is 17.0 Å². The van der Waals surface area contributed by atoms with Crippen LogP contribution in [0.1, 0.15) is 18.4 Å². The number of methoxy groups -OCH3 is 1. The summed E-state index contributed by atoms with van der Waals surface area (Å²) in [6.45, 7) is 0.677. The second-order valence-corrected chi connectivity index (χ2v) is 7.78. The van der Waals surface area contributed by atoms with E-state index in [1.54, 1.807) is 13.2 Å². The number of fused-ring (bicyclic) bond motifs is 2. The fraction of sp³-hybridized carbons (Fsp3) is 0.217. The maximum Gasteiger partial charge on any atom is 0.128 e. The normalized spacial score (nSPS) is 11.4. The van der Waals surface area contributed by atoms with E-state index in [1.807, 2.05) is 18.2 Å². The standard InChI is InChI=1S/C23H22Cl2N2O/c1-28-21-11-15-7-3-2-6-14(15)10-18(21)23-17(8-4-5-9-26)22-19(25)12-16(24)13-20(22)27-23/h2-3,6-7,10-13,27H,4-5,8-9,26H2,1H3. The Morgan fingerprint density at radius 3 is 2.46 bits per heavy atom. The molecule has 0 aliphatic heterocycles. The predicted octanol–water partition coefficient (Wildman–Crippen LogP) is 6.58. The second-order valence-electron chi connectivity index (χ2n) is 6.93. The van der Waals surface area contributed by atoms with Crippen LogP contribution in [0, 0.1) is 0 Å². The van der Waals surface area contributed by atoms with Crippen molar-refractivity contribution < 1.29 is 4.74 Å². The molecule has 144 valence electrons. The Balaban J connectivity index is 1.98. The molecule has 0 bridgehead atoms. The van der Waals surface area contributed by atoms with Crippen LogP contribution >= 0.6 is 23.2 Å². The molecule has 3 nitrogen and oxygen atoms in total. The molecule has 5 heteroatoms. The van der Waals surface area contributed by atoms with Gasteiger partial charge >= 0.3 is 0 Å². The molecule has 0 saturated heterocycles. The van der Waals surface area contributed by atoms with Gasteiger partial charge in [0.25, 0.3) is 0 Å². The summed E-state index contributed by atoms with van der Waals surface area (Å²) in [5, 5.41) is 4.60. The van der Waals surface area contributed by atoms with E-state index < -0.39 is 0 Å². The number of unbranched alkanes of at least 4 members (excludes halogenated alkanes) is 1. The molecule has 1 heterocycles. The van der Waals surface area contributed by atoms with Crippen LogP contribution in [0.5, 0.6) is 5.75 Å². The highest BCUT2D eigenvalue weighted by molar-refractivity contribution is 6.39. The summed E-state index contributed by atoms with van der Waals surface area (Å²) in [6, 6.07) is 16.2. The molecule has 28 heavy (non-hydrogen) atoms. The lowest BCUT2D eigenvalue weighted by Crippen LogP contribution is -1.99. The van der Waals surface area contributed by atoms with E-state index in [-0.39, 0.29) is 0 Å². The number of benzene rings is 3. The summed E-state index contributed by atoms with van der Waals surface area (Å²) in [6.07, 6.45) is 2.83. The van der Waals surface area contributed by atoms with Gasteiger partial charge in [-0.3, -0.25) is 0 Å². The molecule has 3 N–H and O–H groups in total. The monoisotopic (exact) mass is 412 g/mol. The van der Waals surface area contributed by atoms with Crippen molar-refractivity contribution in [1.82, 2.24) is 4.98 Å². The zero-order valence-electron chi connectivity index (χ0n) is 15.7. The minimum atomic E-state index is 0.615. The summed E-state index contributed by atoms with van der Waals surface area (Å²) in [5.74, 6) is 0.826. The summed E-state index contributed by atoms with van der Waals surface area (Å²) >= 11 is 12.8. The first-order valence-electron chi connectivity index (χ1n) is 9.39. The van der Waals surface area contributed by atoms with E-state index in [2.05, 4.69) is 29.2 Å². The van der Waals surface area contributed by atoms with E-state index in [9.17, 15) is 0 Å². The Morgan fingerprint density at radius 1 is 1.00 bits per heavy atom. The number of halogens is 2. The SMILES string of the molecule is COc1cc2ccccc2cc1-c1[nH]c2cc(Cl)cc(Cl)c2c1CCCCN. The van der Waals surface area contributed by atoms with Gasteiger partial charge in [-0.15, -0.1) is 0 Å². The van der Waals surface area contributed by atoms with Crippen LogP contribution in [0.3, 0.4) is 0 Å². The largest absolute Gasteiger partial charge is 0.496 e. The molecule has 0 aliphatic carbocycles. The molecule has 0 atom stereocenters. The quantitative estimate of drug-likeness (QED) is 0.351. The number of rotatable bonds is 6. The fourth-order valence-electron chi connectivity index (χ4n) is 3.82. The van der Waals surface area contributed by atoms with Crippen LogP contribution in [0.25, 0.3) is 32.9 Å². The van der Waals surface area contributed by atoms with Crippen molar-refractivity contribution in [3.05, 3.63) is 64.1 Å². The lowest BCUT2D eigenvalue weighted by Gasteiger charge is -2.12. The van der Waals surface area contributed by atoms with Crippen LogP contribution in [0.15, 0.2) is 48.5 Å². The molecule has 0 amide bonds. The highest BCUT2D eigenvalue weighted by atomic mass is 35.5. The summed E-state index contributed by atoms with van der Waals surface area (Å²) in [5.41, 5.74) is 9.88. The van der Waals surface area contributed by atoms with Gasteiger partial charge in [-0.1, -0.05) is 47.5 Å². The third-order valence-electron chi connectivity index (χ3n) is 5.14. The molecule has 0 radical (unpaired) electrons. The van der Waals surface area contributed by atoms with Gasteiger partial charge in [-0.25, -0.2) is 0 Å². The molecule has 0 aliphatic rings. The Labute approximate surface area is 174 Å². The third kappa shape index (κ3) is 3.46. The van der Waals surface area contributed by atoms with E-state index in [0.29, 0.717) is 16.6 Å². The lowest BCUT2D eigenvalue weighted by atomic mass is 9.97. The molecular formula is C23H22Cl2N2O.